The van der Waals surface area contributed by atoms with Crippen LogP contribution in [0, 0.1) is 20.8 Å². The number of carbonyl (C=O) groups is 2. The number of rotatable bonds is 7. The Labute approximate surface area is 218 Å². The lowest BCUT2D eigenvalue weighted by molar-refractivity contribution is -0.132. The number of hydrogen-bond donors (Lipinski definition) is 1. The minimum atomic E-state index is -0.769. The Morgan fingerprint density at radius 1 is 0.919 bits per heavy atom. The fourth-order valence-electron chi connectivity index (χ4n) is 5.11. The van der Waals surface area contributed by atoms with Crippen LogP contribution in [0.1, 0.15) is 47.7 Å². The van der Waals surface area contributed by atoms with E-state index < -0.39 is 17.7 Å². The number of aliphatic hydroxyl groups excluding tert-OH is 1. The van der Waals surface area contributed by atoms with Gasteiger partial charge in [0.1, 0.15) is 11.5 Å². The summed E-state index contributed by atoms with van der Waals surface area (Å²) in [5.41, 5.74) is 5.75. The third kappa shape index (κ3) is 4.71. The van der Waals surface area contributed by atoms with E-state index in [9.17, 15) is 14.7 Å². The third-order valence-electron chi connectivity index (χ3n) is 7.06. The summed E-state index contributed by atoms with van der Waals surface area (Å²) in [6, 6.07) is 18.1. The molecule has 1 atom stereocenters. The minimum absolute atomic E-state index is 0.0742. The molecule has 6 heteroatoms. The fraction of sp³-hybridized carbons (Fsp3) is 0.290. The number of ether oxygens (including phenoxy) is 1. The van der Waals surface area contributed by atoms with Gasteiger partial charge in [0.25, 0.3) is 11.7 Å². The molecule has 0 spiro atoms. The molecule has 0 radical (unpaired) electrons. The number of benzene rings is 3. The van der Waals surface area contributed by atoms with Crippen molar-refractivity contribution in [1.82, 2.24) is 0 Å². The molecule has 0 saturated carbocycles. The lowest BCUT2D eigenvalue weighted by atomic mass is 9.94. The zero-order valence-electron chi connectivity index (χ0n) is 22.3. The Hall–Kier alpha value is -4.06. The predicted molar refractivity (Wildman–Crippen MR) is 148 cm³/mol. The largest absolute Gasteiger partial charge is 0.507 e. The van der Waals surface area contributed by atoms with Gasteiger partial charge in [-0.15, -0.1) is 0 Å². The number of Topliss-reactive ketones (excluding diaryl/α,β-unsaturated/α-hetero) is 1. The van der Waals surface area contributed by atoms with E-state index in [0.29, 0.717) is 17.0 Å². The summed E-state index contributed by atoms with van der Waals surface area (Å²) in [6.07, 6.45) is 0. The summed E-state index contributed by atoms with van der Waals surface area (Å²) < 4.78 is 5.35. The summed E-state index contributed by atoms with van der Waals surface area (Å²) in [5, 5.41) is 11.5. The second kappa shape index (κ2) is 10.5. The average molecular weight is 499 g/mol. The van der Waals surface area contributed by atoms with Gasteiger partial charge in [-0.05, 0) is 87.7 Å². The van der Waals surface area contributed by atoms with E-state index >= 15 is 0 Å². The maximum absolute atomic E-state index is 13.5. The number of ketones is 1. The summed E-state index contributed by atoms with van der Waals surface area (Å²) in [4.78, 5) is 30.8. The fourth-order valence-corrected chi connectivity index (χ4v) is 5.11. The number of aliphatic hydroxyl groups is 1. The number of nitrogens with zero attached hydrogens (tertiary/aromatic N) is 2. The topological polar surface area (TPSA) is 70.1 Å². The van der Waals surface area contributed by atoms with E-state index in [4.69, 9.17) is 4.74 Å². The van der Waals surface area contributed by atoms with Crippen molar-refractivity contribution < 1.29 is 19.4 Å². The molecule has 3 aromatic carbocycles. The monoisotopic (exact) mass is 498 g/mol. The van der Waals surface area contributed by atoms with Gasteiger partial charge in [-0.2, -0.15) is 0 Å². The maximum atomic E-state index is 13.5. The highest BCUT2D eigenvalue weighted by molar-refractivity contribution is 6.51. The molecular formula is C31H34N2O4. The first-order chi connectivity index (χ1) is 17.7. The molecule has 37 heavy (non-hydrogen) atoms. The second-order valence-corrected chi connectivity index (χ2v) is 9.41. The first kappa shape index (κ1) is 26.0. The van der Waals surface area contributed by atoms with Crippen LogP contribution in [0.4, 0.5) is 11.4 Å². The van der Waals surface area contributed by atoms with Crippen molar-refractivity contribution in [2.24, 2.45) is 0 Å². The molecule has 6 nitrogen and oxygen atoms in total. The van der Waals surface area contributed by atoms with Gasteiger partial charge in [0.05, 0.1) is 18.7 Å². The highest BCUT2D eigenvalue weighted by Crippen LogP contribution is 2.43. The van der Waals surface area contributed by atoms with Crippen molar-refractivity contribution in [1.29, 1.82) is 0 Å². The summed E-state index contributed by atoms with van der Waals surface area (Å²) >= 11 is 0. The van der Waals surface area contributed by atoms with E-state index in [-0.39, 0.29) is 11.3 Å². The van der Waals surface area contributed by atoms with E-state index in [1.165, 1.54) is 4.90 Å². The molecule has 0 aliphatic carbocycles. The van der Waals surface area contributed by atoms with E-state index in [2.05, 4.69) is 18.7 Å². The predicted octanol–water partition coefficient (Wildman–Crippen LogP) is 6.09. The van der Waals surface area contributed by atoms with Crippen LogP contribution in [0.15, 0.2) is 66.2 Å². The number of aryl methyl sites for hydroxylation is 3. The van der Waals surface area contributed by atoms with Crippen LogP contribution in [0.2, 0.25) is 0 Å². The zero-order chi connectivity index (χ0) is 26.9. The quantitative estimate of drug-likeness (QED) is 0.242. The SMILES string of the molecule is CCN(CC)c1ccc(C2/C(=C(\O)c3ccc(OC)c(C)c3)C(=O)C(=O)N2c2ccc(C)cc2C)cc1. The Bertz CT molecular complexity index is 1370. The highest BCUT2D eigenvalue weighted by atomic mass is 16.5. The second-order valence-electron chi connectivity index (χ2n) is 9.41. The summed E-state index contributed by atoms with van der Waals surface area (Å²) in [5.74, 6) is -0.884. The third-order valence-corrected chi connectivity index (χ3v) is 7.06. The normalized spacial score (nSPS) is 16.8. The smallest absolute Gasteiger partial charge is 0.300 e. The average Bonchev–Trinajstić information content (AvgIpc) is 3.15. The first-order valence-corrected chi connectivity index (χ1v) is 12.6. The Balaban J connectivity index is 1.92. The number of amides is 1. The molecule has 1 fully saturated rings. The van der Waals surface area contributed by atoms with Gasteiger partial charge in [-0.3, -0.25) is 14.5 Å². The Morgan fingerprint density at radius 2 is 1.59 bits per heavy atom. The Morgan fingerprint density at radius 3 is 2.16 bits per heavy atom. The van der Waals surface area contributed by atoms with Crippen molar-refractivity contribution in [3.8, 4) is 5.75 Å². The van der Waals surface area contributed by atoms with Crippen LogP contribution in [0.25, 0.3) is 5.76 Å². The molecule has 1 amide bonds. The van der Waals surface area contributed by atoms with Crippen molar-refractivity contribution in [2.75, 3.05) is 30.0 Å². The summed E-state index contributed by atoms with van der Waals surface area (Å²) in [6.45, 7) is 11.7. The van der Waals surface area contributed by atoms with Crippen LogP contribution < -0.4 is 14.5 Å². The van der Waals surface area contributed by atoms with Crippen molar-refractivity contribution >= 4 is 28.8 Å². The van der Waals surface area contributed by atoms with Crippen molar-refractivity contribution in [3.05, 3.63) is 94.1 Å². The lowest BCUT2D eigenvalue weighted by Gasteiger charge is -2.28. The molecule has 1 aliphatic heterocycles. The summed E-state index contributed by atoms with van der Waals surface area (Å²) in [7, 11) is 1.58. The van der Waals surface area contributed by atoms with Crippen molar-refractivity contribution in [2.45, 2.75) is 40.7 Å². The van der Waals surface area contributed by atoms with Crippen LogP contribution in [-0.2, 0) is 9.59 Å². The molecular weight excluding hydrogens is 464 g/mol. The zero-order valence-corrected chi connectivity index (χ0v) is 22.3. The first-order valence-electron chi connectivity index (χ1n) is 12.6. The van der Waals surface area contributed by atoms with Gasteiger partial charge in [-0.1, -0.05) is 29.8 Å². The molecule has 1 heterocycles. The van der Waals surface area contributed by atoms with Crippen molar-refractivity contribution in [3.63, 3.8) is 0 Å². The Kier molecular flexibility index (Phi) is 7.39. The molecule has 1 N–H and O–H groups in total. The molecule has 192 valence electrons. The van der Waals surface area contributed by atoms with Gasteiger partial charge in [0.15, 0.2) is 0 Å². The van der Waals surface area contributed by atoms with Gasteiger partial charge >= 0.3 is 0 Å². The van der Waals surface area contributed by atoms with Gasteiger partial charge in [-0.25, -0.2) is 0 Å². The maximum Gasteiger partial charge on any atom is 0.300 e. The van der Waals surface area contributed by atoms with E-state index in [1.54, 1.807) is 25.3 Å². The molecule has 0 bridgehead atoms. The van der Waals surface area contributed by atoms with E-state index in [0.717, 1.165) is 41.0 Å². The molecule has 4 rings (SSSR count). The number of anilines is 2. The standard InChI is InChI=1S/C31H34N2O4/c1-7-32(8-2)24-13-10-22(11-14-24)28-27(29(34)23-12-16-26(37-6)21(5)18-23)30(35)31(36)33(28)25-15-9-19(3)17-20(25)4/h9-18,28,34H,7-8H2,1-6H3/b29-27+. The molecule has 1 saturated heterocycles. The number of carbonyl (C=O) groups excluding carboxylic acids is 2. The minimum Gasteiger partial charge on any atom is -0.507 e. The van der Waals surface area contributed by atoms with Gasteiger partial charge in [0, 0.05) is 30.0 Å². The van der Waals surface area contributed by atoms with Gasteiger partial charge in [0.2, 0.25) is 0 Å². The molecule has 3 aromatic rings. The highest BCUT2D eigenvalue weighted by Gasteiger charge is 2.47. The van der Waals surface area contributed by atoms with Crippen LogP contribution in [0.3, 0.4) is 0 Å². The van der Waals surface area contributed by atoms with E-state index in [1.807, 2.05) is 63.2 Å². The molecule has 1 aliphatic rings. The lowest BCUT2D eigenvalue weighted by Crippen LogP contribution is -2.30. The number of methoxy groups -OCH3 is 1. The molecule has 1 unspecified atom stereocenters. The van der Waals surface area contributed by atoms with Crippen LogP contribution >= 0.6 is 0 Å². The molecule has 0 aromatic heterocycles. The number of hydrogen-bond acceptors (Lipinski definition) is 5. The van der Waals surface area contributed by atoms with Gasteiger partial charge < -0.3 is 14.7 Å². The van der Waals surface area contributed by atoms with Crippen LogP contribution in [0.5, 0.6) is 5.75 Å². The van der Waals surface area contributed by atoms with Crippen LogP contribution in [-0.4, -0.2) is 37.0 Å².